The van der Waals surface area contributed by atoms with E-state index in [1.807, 2.05) is 12.3 Å². The molecule has 136 valence electrons. The van der Waals surface area contributed by atoms with Crippen LogP contribution in [0.3, 0.4) is 0 Å². The predicted molar refractivity (Wildman–Crippen MR) is 113 cm³/mol. The van der Waals surface area contributed by atoms with E-state index in [9.17, 15) is 0 Å². The molecule has 27 heavy (non-hydrogen) atoms. The Hall–Kier alpha value is -2.66. The van der Waals surface area contributed by atoms with E-state index in [4.69, 9.17) is 0 Å². The molecule has 0 saturated heterocycles. The second-order valence-electron chi connectivity index (χ2n) is 6.70. The van der Waals surface area contributed by atoms with E-state index in [-0.39, 0.29) is 0 Å². The summed E-state index contributed by atoms with van der Waals surface area (Å²) in [6, 6.07) is 23.3. The lowest BCUT2D eigenvalue weighted by Crippen LogP contribution is -2.20. The lowest BCUT2D eigenvalue weighted by atomic mass is 9.92. The maximum Gasteiger partial charge on any atom is 0.171 e. The molecule has 0 aliphatic carbocycles. The largest absolute Gasteiger partial charge is 0.370 e. The molecule has 0 fully saturated rings. The van der Waals surface area contributed by atoms with Crippen molar-refractivity contribution in [2.75, 3.05) is 11.9 Å². The minimum absolute atomic E-state index is 0.473. The maximum atomic E-state index is 4.66. The number of rotatable bonds is 7. The zero-order chi connectivity index (χ0) is 18.5. The number of benzene rings is 2. The smallest absolute Gasteiger partial charge is 0.171 e. The van der Waals surface area contributed by atoms with E-state index in [0.717, 1.165) is 35.3 Å². The third kappa shape index (κ3) is 4.55. The van der Waals surface area contributed by atoms with Gasteiger partial charge < -0.3 is 5.32 Å². The molecule has 0 aliphatic rings. The first-order chi connectivity index (χ1) is 13.3. The molecule has 0 radical (unpaired) electrons. The summed E-state index contributed by atoms with van der Waals surface area (Å²) in [6.07, 6.45) is 5.75. The molecule has 0 spiro atoms. The van der Waals surface area contributed by atoms with E-state index < -0.39 is 0 Å². The summed E-state index contributed by atoms with van der Waals surface area (Å²) in [5, 5.41) is 7.77. The van der Waals surface area contributed by atoms with Gasteiger partial charge in [-0.3, -0.25) is 0 Å². The number of halogens is 1. The zero-order valence-electron chi connectivity index (χ0n) is 14.9. The lowest BCUT2D eigenvalue weighted by molar-refractivity contribution is 0.548. The van der Waals surface area contributed by atoms with E-state index >= 15 is 0 Å². The van der Waals surface area contributed by atoms with Crippen molar-refractivity contribution in [1.82, 2.24) is 14.6 Å². The summed E-state index contributed by atoms with van der Waals surface area (Å²) in [6.45, 7) is 0.860. The van der Waals surface area contributed by atoms with Crippen LogP contribution in [0.25, 0.3) is 5.65 Å². The molecule has 0 amide bonds. The molecular formula is C22H21BrN4. The van der Waals surface area contributed by atoms with Gasteiger partial charge in [0.1, 0.15) is 5.82 Å². The van der Waals surface area contributed by atoms with Crippen LogP contribution < -0.4 is 5.32 Å². The molecule has 4 rings (SSSR count). The zero-order valence-corrected chi connectivity index (χ0v) is 16.5. The third-order valence-electron chi connectivity index (χ3n) is 4.63. The number of aromatic nitrogens is 3. The van der Waals surface area contributed by atoms with Crippen LogP contribution in [0.2, 0.25) is 0 Å². The molecule has 5 heteroatoms. The highest BCUT2D eigenvalue weighted by atomic mass is 79.9. The topological polar surface area (TPSA) is 42.2 Å². The molecule has 4 nitrogen and oxygen atoms in total. The summed E-state index contributed by atoms with van der Waals surface area (Å²) in [5.41, 5.74) is 3.55. The van der Waals surface area contributed by atoms with Gasteiger partial charge in [-0.05, 0) is 51.9 Å². The number of hydrogen-bond donors (Lipinski definition) is 1. The Morgan fingerprint density at radius 2 is 1.52 bits per heavy atom. The van der Waals surface area contributed by atoms with Gasteiger partial charge in [-0.1, -0.05) is 60.7 Å². The summed E-state index contributed by atoms with van der Waals surface area (Å²) in [5.74, 6) is 1.34. The molecule has 2 aromatic heterocycles. The van der Waals surface area contributed by atoms with Crippen LogP contribution in [-0.2, 0) is 12.8 Å². The summed E-state index contributed by atoms with van der Waals surface area (Å²) in [4.78, 5) is 4.66. The van der Waals surface area contributed by atoms with E-state index in [1.54, 1.807) is 10.7 Å². The van der Waals surface area contributed by atoms with Crippen LogP contribution >= 0.6 is 15.9 Å². The second-order valence-corrected chi connectivity index (χ2v) is 7.55. The average Bonchev–Trinajstić information content (AvgIpc) is 3.08. The van der Waals surface area contributed by atoms with Gasteiger partial charge in [0.2, 0.25) is 0 Å². The summed E-state index contributed by atoms with van der Waals surface area (Å²) < 4.78 is 2.66. The summed E-state index contributed by atoms with van der Waals surface area (Å²) >= 11 is 3.50. The Balaban J connectivity index is 1.49. The van der Waals surface area contributed by atoms with Crippen LogP contribution in [0.15, 0.2) is 83.6 Å². The molecular weight excluding hydrogens is 400 g/mol. The van der Waals surface area contributed by atoms with Gasteiger partial charge in [0.05, 0.1) is 10.7 Å². The SMILES string of the molecule is Brc1cnn2ccc(NCC(Cc3ccccc3)Cc3ccccc3)nc12. The fourth-order valence-corrected chi connectivity index (χ4v) is 3.66. The van der Waals surface area contributed by atoms with Crippen molar-refractivity contribution in [2.24, 2.45) is 5.92 Å². The standard InChI is InChI=1S/C22H21BrN4/c23-20-16-25-27-12-11-21(26-22(20)27)24-15-19(13-17-7-3-1-4-8-17)14-18-9-5-2-6-10-18/h1-12,16,19H,13-15H2,(H,24,26). The van der Waals surface area contributed by atoms with Gasteiger partial charge in [0.25, 0.3) is 0 Å². The molecule has 2 heterocycles. The molecule has 4 aromatic rings. The van der Waals surface area contributed by atoms with Crippen LogP contribution in [0.1, 0.15) is 11.1 Å². The Morgan fingerprint density at radius 3 is 2.15 bits per heavy atom. The van der Waals surface area contributed by atoms with Crippen molar-refractivity contribution in [3.05, 3.63) is 94.7 Å². The van der Waals surface area contributed by atoms with Gasteiger partial charge >= 0.3 is 0 Å². The van der Waals surface area contributed by atoms with Crippen molar-refractivity contribution >= 4 is 27.4 Å². The van der Waals surface area contributed by atoms with Gasteiger partial charge in [-0.15, -0.1) is 0 Å². The molecule has 2 aromatic carbocycles. The predicted octanol–water partition coefficient (Wildman–Crippen LogP) is 5.01. The third-order valence-corrected chi connectivity index (χ3v) is 5.19. The average molecular weight is 421 g/mol. The van der Waals surface area contributed by atoms with Gasteiger partial charge in [0, 0.05) is 12.7 Å². The quantitative estimate of drug-likeness (QED) is 0.457. The van der Waals surface area contributed by atoms with Crippen molar-refractivity contribution in [1.29, 1.82) is 0 Å². The van der Waals surface area contributed by atoms with Crippen LogP contribution in [0.4, 0.5) is 5.82 Å². The maximum absolute atomic E-state index is 4.66. The number of nitrogens with zero attached hydrogens (tertiary/aromatic N) is 3. The van der Waals surface area contributed by atoms with E-state index in [1.165, 1.54) is 11.1 Å². The Kier molecular flexibility index (Phi) is 5.49. The second kappa shape index (κ2) is 8.35. The fourth-order valence-electron chi connectivity index (χ4n) is 3.30. The Labute approximate surface area is 167 Å². The minimum atomic E-state index is 0.473. The number of fused-ring (bicyclic) bond motifs is 1. The van der Waals surface area contributed by atoms with Crippen molar-refractivity contribution in [2.45, 2.75) is 12.8 Å². The van der Waals surface area contributed by atoms with Crippen molar-refractivity contribution in [3.8, 4) is 0 Å². The molecule has 0 saturated carbocycles. The molecule has 0 atom stereocenters. The molecule has 0 bridgehead atoms. The number of nitrogens with one attached hydrogen (secondary N) is 1. The van der Waals surface area contributed by atoms with Gasteiger partial charge in [0.15, 0.2) is 5.65 Å². The minimum Gasteiger partial charge on any atom is -0.370 e. The first-order valence-corrected chi connectivity index (χ1v) is 9.89. The normalized spacial score (nSPS) is 11.2. The lowest BCUT2D eigenvalue weighted by Gasteiger charge is -2.18. The van der Waals surface area contributed by atoms with E-state index in [2.05, 4.69) is 92.0 Å². The van der Waals surface area contributed by atoms with Gasteiger partial charge in [-0.2, -0.15) is 5.10 Å². The molecule has 0 aliphatic heterocycles. The first-order valence-electron chi connectivity index (χ1n) is 9.09. The number of hydrogen-bond acceptors (Lipinski definition) is 3. The first kappa shape index (κ1) is 17.7. The number of anilines is 1. The van der Waals surface area contributed by atoms with Crippen molar-refractivity contribution in [3.63, 3.8) is 0 Å². The monoisotopic (exact) mass is 420 g/mol. The van der Waals surface area contributed by atoms with Crippen LogP contribution in [0, 0.1) is 5.92 Å². The highest BCUT2D eigenvalue weighted by molar-refractivity contribution is 9.10. The van der Waals surface area contributed by atoms with Crippen molar-refractivity contribution < 1.29 is 0 Å². The highest BCUT2D eigenvalue weighted by Gasteiger charge is 2.12. The fraction of sp³-hybridized carbons (Fsp3) is 0.182. The van der Waals surface area contributed by atoms with Gasteiger partial charge in [-0.25, -0.2) is 9.50 Å². The summed E-state index contributed by atoms with van der Waals surface area (Å²) in [7, 11) is 0. The van der Waals surface area contributed by atoms with Crippen LogP contribution in [0.5, 0.6) is 0 Å². The Morgan fingerprint density at radius 1 is 0.889 bits per heavy atom. The Bertz CT molecular complexity index is 957. The molecule has 1 N–H and O–H groups in total. The van der Waals surface area contributed by atoms with Crippen LogP contribution in [-0.4, -0.2) is 21.1 Å². The highest BCUT2D eigenvalue weighted by Crippen LogP contribution is 2.19. The van der Waals surface area contributed by atoms with E-state index in [0.29, 0.717) is 5.92 Å². The molecule has 0 unspecified atom stereocenters.